The van der Waals surface area contributed by atoms with Gasteiger partial charge in [-0.25, -0.2) is 14.6 Å². The van der Waals surface area contributed by atoms with E-state index in [1.165, 1.54) is 30.2 Å². The minimum absolute atomic E-state index is 0.0853. The van der Waals surface area contributed by atoms with Gasteiger partial charge >= 0.3 is 0 Å². The van der Waals surface area contributed by atoms with Crippen molar-refractivity contribution >= 4 is 28.6 Å². The summed E-state index contributed by atoms with van der Waals surface area (Å²) in [5.41, 5.74) is 2.39. The number of hydrogen-bond donors (Lipinski definition) is 0. The number of fused-ring (bicyclic) bond motifs is 1. The first-order valence-electron chi connectivity index (χ1n) is 6.01. The van der Waals surface area contributed by atoms with Crippen LogP contribution in [0.5, 0.6) is 0 Å². The molecule has 1 aromatic carbocycles. The predicted molar refractivity (Wildman–Crippen MR) is 76.8 cm³/mol. The second-order valence-corrected chi connectivity index (χ2v) is 5.24. The van der Waals surface area contributed by atoms with Crippen molar-refractivity contribution in [2.45, 2.75) is 10.8 Å². The Bertz CT molecular complexity index is 801. The van der Waals surface area contributed by atoms with Crippen molar-refractivity contribution in [2.24, 2.45) is 7.05 Å². The Balaban J connectivity index is 1.78. The normalized spacial score (nSPS) is 10.9. The van der Waals surface area contributed by atoms with Crippen molar-refractivity contribution in [3.05, 3.63) is 46.3 Å². The number of hydrogen-bond acceptors (Lipinski definition) is 7. The van der Waals surface area contributed by atoms with E-state index in [9.17, 15) is 10.1 Å². The van der Waals surface area contributed by atoms with Gasteiger partial charge in [-0.3, -0.25) is 10.1 Å². The SMILES string of the molecule is Cn1nnc2c(SCc3ccc([N+](=O)[O-])cc3)ncnc21. The summed E-state index contributed by atoms with van der Waals surface area (Å²) in [7, 11) is 1.77. The summed E-state index contributed by atoms with van der Waals surface area (Å²) in [6, 6.07) is 6.46. The van der Waals surface area contributed by atoms with Crippen molar-refractivity contribution in [3.63, 3.8) is 0 Å². The third-order valence-electron chi connectivity index (χ3n) is 2.88. The molecular formula is C12H10N6O2S. The van der Waals surface area contributed by atoms with Gasteiger partial charge in [-0.1, -0.05) is 29.1 Å². The Hall–Kier alpha value is -2.55. The monoisotopic (exact) mass is 302 g/mol. The molecule has 2 aromatic heterocycles. The molecule has 0 spiro atoms. The van der Waals surface area contributed by atoms with E-state index in [2.05, 4.69) is 20.3 Å². The number of nitrogens with zero attached hydrogens (tertiary/aromatic N) is 6. The van der Waals surface area contributed by atoms with E-state index < -0.39 is 4.92 Å². The standard InChI is InChI=1S/C12H10N6O2S/c1-17-11-10(15-16-17)12(14-7-13-11)21-6-8-2-4-9(5-3-8)18(19)20/h2-5,7H,6H2,1H3. The van der Waals surface area contributed by atoms with Crippen LogP contribution in [0.15, 0.2) is 35.6 Å². The van der Waals surface area contributed by atoms with Gasteiger partial charge in [0.05, 0.1) is 4.92 Å². The van der Waals surface area contributed by atoms with Crippen molar-refractivity contribution in [3.8, 4) is 0 Å². The molecule has 0 aliphatic heterocycles. The molecule has 3 rings (SSSR count). The number of thioether (sulfide) groups is 1. The molecule has 2 heterocycles. The van der Waals surface area contributed by atoms with Crippen LogP contribution in [0.3, 0.4) is 0 Å². The van der Waals surface area contributed by atoms with Crippen LogP contribution >= 0.6 is 11.8 Å². The minimum atomic E-state index is -0.412. The lowest BCUT2D eigenvalue weighted by molar-refractivity contribution is -0.384. The molecule has 0 saturated heterocycles. The van der Waals surface area contributed by atoms with Crippen LogP contribution in [0.4, 0.5) is 5.69 Å². The van der Waals surface area contributed by atoms with Crippen LogP contribution in [0.1, 0.15) is 5.56 Å². The molecule has 0 unspecified atom stereocenters. The topological polar surface area (TPSA) is 99.6 Å². The van der Waals surface area contributed by atoms with Gasteiger partial charge in [0.15, 0.2) is 11.2 Å². The average Bonchev–Trinajstić information content (AvgIpc) is 2.88. The van der Waals surface area contributed by atoms with Gasteiger partial charge in [-0.2, -0.15) is 0 Å². The highest BCUT2D eigenvalue weighted by atomic mass is 32.2. The summed E-state index contributed by atoms with van der Waals surface area (Å²) in [6.45, 7) is 0. The Kier molecular flexibility index (Phi) is 3.48. The third-order valence-corrected chi connectivity index (χ3v) is 3.93. The molecule has 0 N–H and O–H groups in total. The first-order chi connectivity index (χ1) is 10.1. The van der Waals surface area contributed by atoms with Crippen LogP contribution < -0.4 is 0 Å². The number of nitro benzene ring substituents is 1. The number of benzene rings is 1. The van der Waals surface area contributed by atoms with Crippen LogP contribution in [0.25, 0.3) is 11.2 Å². The number of aryl methyl sites for hydroxylation is 1. The first kappa shape index (κ1) is 13.4. The molecule has 0 amide bonds. The quantitative estimate of drug-likeness (QED) is 0.314. The van der Waals surface area contributed by atoms with Crippen molar-refractivity contribution in [1.82, 2.24) is 25.0 Å². The van der Waals surface area contributed by atoms with Crippen LogP contribution in [-0.2, 0) is 12.8 Å². The molecule has 0 aliphatic carbocycles. The van der Waals surface area contributed by atoms with Crippen LogP contribution in [0, 0.1) is 10.1 Å². The zero-order valence-corrected chi connectivity index (χ0v) is 11.8. The maximum atomic E-state index is 10.6. The smallest absolute Gasteiger partial charge is 0.258 e. The predicted octanol–water partition coefficient (Wildman–Crippen LogP) is 1.96. The summed E-state index contributed by atoms with van der Waals surface area (Å²) in [4.78, 5) is 18.5. The molecule has 0 aliphatic rings. The van der Waals surface area contributed by atoms with Gasteiger partial charge in [-0.15, -0.1) is 5.10 Å². The summed E-state index contributed by atoms with van der Waals surface area (Å²) in [5, 5.41) is 19.3. The molecule has 0 fully saturated rings. The molecule has 9 heteroatoms. The molecule has 8 nitrogen and oxygen atoms in total. The van der Waals surface area contributed by atoms with Crippen molar-refractivity contribution < 1.29 is 4.92 Å². The molecule has 3 aromatic rings. The molecule has 0 saturated carbocycles. The largest absolute Gasteiger partial charge is 0.269 e. The lowest BCUT2D eigenvalue weighted by Crippen LogP contribution is -1.93. The van der Waals surface area contributed by atoms with E-state index in [4.69, 9.17) is 0 Å². The van der Waals surface area contributed by atoms with Gasteiger partial charge < -0.3 is 0 Å². The van der Waals surface area contributed by atoms with Gasteiger partial charge in [0.25, 0.3) is 5.69 Å². The van der Waals surface area contributed by atoms with Crippen molar-refractivity contribution in [1.29, 1.82) is 0 Å². The molecule has 0 bridgehead atoms. The Morgan fingerprint density at radius 3 is 2.76 bits per heavy atom. The highest BCUT2D eigenvalue weighted by molar-refractivity contribution is 7.98. The Labute approximate surface area is 123 Å². The molecule has 0 atom stereocenters. The maximum absolute atomic E-state index is 10.6. The summed E-state index contributed by atoms with van der Waals surface area (Å²) in [5.74, 6) is 0.640. The minimum Gasteiger partial charge on any atom is -0.258 e. The maximum Gasteiger partial charge on any atom is 0.269 e. The Morgan fingerprint density at radius 2 is 2.05 bits per heavy atom. The van der Waals surface area contributed by atoms with E-state index in [0.29, 0.717) is 16.9 Å². The number of rotatable bonds is 4. The summed E-state index contributed by atoms with van der Waals surface area (Å²) in [6.07, 6.45) is 1.48. The van der Waals surface area contributed by atoms with Gasteiger partial charge in [0.1, 0.15) is 11.4 Å². The second-order valence-electron chi connectivity index (χ2n) is 4.28. The van der Waals surface area contributed by atoms with E-state index in [1.54, 1.807) is 23.9 Å². The zero-order valence-electron chi connectivity index (χ0n) is 11.0. The van der Waals surface area contributed by atoms with E-state index in [1.807, 2.05) is 0 Å². The van der Waals surface area contributed by atoms with Gasteiger partial charge in [0, 0.05) is 24.9 Å². The van der Waals surface area contributed by atoms with Gasteiger partial charge in [0.2, 0.25) is 0 Å². The Morgan fingerprint density at radius 1 is 1.29 bits per heavy atom. The highest BCUT2D eigenvalue weighted by Crippen LogP contribution is 2.26. The molecule has 0 radical (unpaired) electrons. The van der Waals surface area contributed by atoms with Crippen molar-refractivity contribution in [2.75, 3.05) is 0 Å². The third kappa shape index (κ3) is 2.68. The fraction of sp³-hybridized carbons (Fsp3) is 0.167. The van der Waals surface area contributed by atoms with E-state index >= 15 is 0 Å². The van der Waals surface area contributed by atoms with E-state index in [-0.39, 0.29) is 5.69 Å². The lowest BCUT2D eigenvalue weighted by atomic mass is 10.2. The number of non-ortho nitro benzene ring substituents is 1. The zero-order chi connectivity index (χ0) is 14.8. The van der Waals surface area contributed by atoms with Gasteiger partial charge in [-0.05, 0) is 5.56 Å². The summed E-state index contributed by atoms with van der Waals surface area (Å²) >= 11 is 1.49. The summed E-state index contributed by atoms with van der Waals surface area (Å²) < 4.78 is 1.59. The average molecular weight is 302 g/mol. The number of aromatic nitrogens is 5. The highest BCUT2D eigenvalue weighted by Gasteiger charge is 2.10. The van der Waals surface area contributed by atoms with E-state index in [0.717, 1.165) is 10.6 Å². The second kappa shape index (κ2) is 5.44. The fourth-order valence-corrected chi connectivity index (χ4v) is 2.69. The van der Waals surface area contributed by atoms with Crippen LogP contribution in [-0.4, -0.2) is 29.9 Å². The first-order valence-corrected chi connectivity index (χ1v) is 7.00. The molecule has 21 heavy (non-hydrogen) atoms. The molecule has 106 valence electrons. The lowest BCUT2D eigenvalue weighted by Gasteiger charge is -2.01. The van der Waals surface area contributed by atoms with Crippen LogP contribution in [0.2, 0.25) is 0 Å². The number of nitro groups is 1. The fourth-order valence-electron chi connectivity index (χ4n) is 1.80. The molecular weight excluding hydrogens is 292 g/mol.